The number of fused-ring (bicyclic) bond motifs is 1. The molecule has 2 heterocycles. The number of likely N-dealkylation sites (N-methyl/N-ethyl adjacent to an activating group) is 1. The van der Waals surface area contributed by atoms with Crippen molar-refractivity contribution in [2.75, 3.05) is 25.1 Å². The zero-order valence-corrected chi connectivity index (χ0v) is 15.1. The van der Waals surface area contributed by atoms with E-state index < -0.39 is 24.6 Å². The zero-order chi connectivity index (χ0) is 19.4. The van der Waals surface area contributed by atoms with Crippen LogP contribution < -0.4 is 15.0 Å². The number of anilines is 1. The molecular formula is C18H16ClN3O5. The quantitative estimate of drug-likeness (QED) is 0.627. The largest absolute Gasteiger partial charge is 0.477 e. The number of esters is 1. The SMILES string of the molecule is CNC(=O)C1CN(C(=O)COC(=O)c2ccnc(Cl)c2)c2ccccc2O1. The van der Waals surface area contributed by atoms with Gasteiger partial charge >= 0.3 is 5.97 Å². The number of pyridine rings is 1. The fraction of sp³-hybridized carbons (Fsp3) is 0.222. The summed E-state index contributed by atoms with van der Waals surface area (Å²) in [6, 6.07) is 9.62. The van der Waals surface area contributed by atoms with E-state index in [4.69, 9.17) is 21.1 Å². The summed E-state index contributed by atoms with van der Waals surface area (Å²) in [5.74, 6) is -1.13. The summed E-state index contributed by atoms with van der Waals surface area (Å²) in [4.78, 5) is 41.8. The number of para-hydroxylation sites is 2. The Hall–Kier alpha value is -3.13. The molecule has 0 spiro atoms. The van der Waals surface area contributed by atoms with Crippen molar-refractivity contribution in [2.24, 2.45) is 0 Å². The number of carbonyl (C=O) groups is 3. The molecule has 1 aliphatic heterocycles. The second-order valence-electron chi connectivity index (χ2n) is 5.64. The number of hydrogen-bond donors (Lipinski definition) is 1. The summed E-state index contributed by atoms with van der Waals surface area (Å²) in [5.41, 5.74) is 0.694. The molecule has 0 fully saturated rings. The van der Waals surface area contributed by atoms with E-state index in [1.807, 2.05) is 0 Å². The van der Waals surface area contributed by atoms with E-state index in [1.54, 1.807) is 24.3 Å². The summed E-state index contributed by atoms with van der Waals surface area (Å²) >= 11 is 5.74. The highest BCUT2D eigenvalue weighted by atomic mass is 35.5. The summed E-state index contributed by atoms with van der Waals surface area (Å²) in [7, 11) is 1.49. The Labute approximate surface area is 160 Å². The number of rotatable bonds is 4. The smallest absolute Gasteiger partial charge is 0.338 e. The number of hydrogen-bond acceptors (Lipinski definition) is 6. The molecule has 0 aliphatic carbocycles. The number of carbonyl (C=O) groups excluding carboxylic acids is 3. The van der Waals surface area contributed by atoms with Gasteiger partial charge in [-0.25, -0.2) is 9.78 Å². The van der Waals surface area contributed by atoms with Crippen LogP contribution in [0.5, 0.6) is 5.75 Å². The number of ether oxygens (including phenoxy) is 2. The van der Waals surface area contributed by atoms with Gasteiger partial charge in [-0.15, -0.1) is 0 Å². The first-order chi connectivity index (χ1) is 13.0. The molecule has 0 saturated heterocycles. The fourth-order valence-corrected chi connectivity index (χ4v) is 2.76. The summed E-state index contributed by atoms with van der Waals surface area (Å²) in [6.45, 7) is -0.484. The Morgan fingerprint density at radius 1 is 1.33 bits per heavy atom. The molecule has 1 atom stereocenters. The lowest BCUT2D eigenvalue weighted by Crippen LogP contribution is -2.51. The second kappa shape index (κ2) is 8.05. The maximum Gasteiger partial charge on any atom is 0.338 e. The van der Waals surface area contributed by atoms with Crippen molar-refractivity contribution in [1.29, 1.82) is 0 Å². The maximum absolute atomic E-state index is 12.6. The highest BCUT2D eigenvalue weighted by Crippen LogP contribution is 2.33. The van der Waals surface area contributed by atoms with E-state index in [1.165, 1.54) is 30.3 Å². The van der Waals surface area contributed by atoms with Crippen molar-refractivity contribution in [1.82, 2.24) is 10.3 Å². The Balaban J connectivity index is 1.73. The molecule has 1 N–H and O–H groups in total. The summed E-state index contributed by atoms with van der Waals surface area (Å²) in [6.07, 6.45) is 0.510. The van der Waals surface area contributed by atoms with E-state index in [2.05, 4.69) is 10.3 Å². The molecule has 0 bridgehead atoms. The molecule has 0 saturated carbocycles. The molecule has 0 radical (unpaired) electrons. The van der Waals surface area contributed by atoms with Gasteiger partial charge in [0.1, 0.15) is 10.9 Å². The minimum atomic E-state index is -0.858. The second-order valence-corrected chi connectivity index (χ2v) is 6.02. The summed E-state index contributed by atoms with van der Waals surface area (Å²) in [5, 5.41) is 2.64. The lowest BCUT2D eigenvalue weighted by molar-refractivity contribution is -0.128. The number of benzene rings is 1. The molecule has 27 heavy (non-hydrogen) atoms. The molecule has 1 aliphatic rings. The van der Waals surface area contributed by atoms with Crippen molar-refractivity contribution in [3.8, 4) is 5.75 Å². The first kappa shape index (κ1) is 18.7. The average molecular weight is 390 g/mol. The third-order valence-electron chi connectivity index (χ3n) is 3.90. The van der Waals surface area contributed by atoms with Gasteiger partial charge in [0.25, 0.3) is 11.8 Å². The van der Waals surface area contributed by atoms with E-state index in [0.29, 0.717) is 11.4 Å². The van der Waals surface area contributed by atoms with Gasteiger partial charge in [0, 0.05) is 13.2 Å². The molecule has 1 aromatic heterocycles. The highest BCUT2D eigenvalue weighted by molar-refractivity contribution is 6.29. The Morgan fingerprint density at radius 2 is 2.11 bits per heavy atom. The third-order valence-corrected chi connectivity index (χ3v) is 4.11. The third kappa shape index (κ3) is 4.17. The van der Waals surface area contributed by atoms with Crippen molar-refractivity contribution < 1.29 is 23.9 Å². The van der Waals surface area contributed by atoms with Gasteiger partial charge in [-0.2, -0.15) is 0 Å². The van der Waals surface area contributed by atoms with E-state index in [9.17, 15) is 14.4 Å². The van der Waals surface area contributed by atoms with Crippen LogP contribution in [0.2, 0.25) is 5.15 Å². The van der Waals surface area contributed by atoms with Crippen molar-refractivity contribution >= 4 is 35.1 Å². The van der Waals surface area contributed by atoms with Crippen molar-refractivity contribution in [3.63, 3.8) is 0 Å². The highest BCUT2D eigenvalue weighted by Gasteiger charge is 2.33. The van der Waals surface area contributed by atoms with Crippen LogP contribution in [-0.4, -0.2) is 49.1 Å². The van der Waals surface area contributed by atoms with E-state index in [0.717, 1.165) is 0 Å². The lowest BCUT2D eigenvalue weighted by atomic mass is 10.1. The van der Waals surface area contributed by atoms with Crippen LogP contribution in [0.3, 0.4) is 0 Å². The van der Waals surface area contributed by atoms with Crippen LogP contribution >= 0.6 is 11.6 Å². The van der Waals surface area contributed by atoms with Crippen LogP contribution in [0, 0.1) is 0 Å². The molecule has 3 rings (SSSR count). The van der Waals surface area contributed by atoms with Gasteiger partial charge in [-0.3, -0.25) is 9.59 Å². The molecule has 9 heteroatoms. The van der Waals surface area contributed by atoms with Crippen LogP contribution in [-0.2, 0) is 14.3 Å². The summed E-state index contributed by atoms with van der Waals surface area (Å²) < 4.78 is 10.7. The van der Waals surface area contributed by atoms with Gasteiger partial charge in [0.15, 0.2) is 12.7 Å². The maximum atomic E-state index is 12.6. The first-order valence-electron chi connectivity index (χ1n) is 8.06. The molecule has 140 valence electrons. The molecule has 8 nitrogen and oxygen atoms in total. The number of nitrogens with zero attached hydrogens (tertiary/aromatic N) is 2. The average Bonchev–Trinajstić information content (AvgIpc) is 2.70. The lowest BCUT2D eigenvalue weighted by Gasteiger charge is -2.33. The van der Waals surface area contributed by atoms with Crippen LogP contribution in [0.25, 0.3) is 0 Å². The number of amides is 2. The Morgan fingerprint density at radius 3 is 2.85 bits per heavy atom. The minimum absolute atomic E-state index is 0.00809. The van der Waals surface area contributed by atoms with Gasteiger partial charge in [-0.1, -0.05) is 23.7 Å². The number of nitrogens with one attached hydrogen (secondary N) is 1. The zero-order valence-electron chi connectivity index (χ0n) is 14.3. The first-order valence-corrected chi connectivity index (χ1v) is 8.43. The van der Waals surface area contributed by atoms with Crippen LogP contribution in [0.15, 0.2) is 42.6 Å². The minimum Gasteiger partial charge on any atom is -0.477 e. The fourth-order valence-electron chi connectivity index (χ4n) is 2.59. The Bertz CT molecular complexity index is 889. The van der Waals surface area contributed by atoms with Crippen molar-refractivity contribution in [3.05, 3.63) is 53.3 Å². The normalized spacial score (nSPS) is 15.3. The molecular weight excluding hydrogens is 374 g/mol. The van der Waals surface area contributed by atoms with Crippen LogP contribution in [0.1, 0.15) is 10.4 Å². The predicted octanol–water partition coefficient (Wildman–Crippen LogP) is 1.43. The van der Waals surface area contributed by atoms with Crippen molar-refractivity contribution in [2.45, 2.75) is 6.10 Å². The standard InChI is InChI=1S/C18H16ClN3O5/c1-20-17(24)14-9-22(12-4-2-3-5-13(12)27-14)16(23)10-26-18(25)11-6-7-21-15(19)8-11/h2-8,14H,9-10H2,1H3,(H,20,24). The molecule has 1 unspecified atom stereocenters. The predicted molar refractivity (Wildman–Crippen MR) is 96.8 cm³/mol. The van der Waals surface area contributed by atoms with Gasteiger partial charge in [-0.05, 0) is 24.3 Å². The Kier molecular flexibility index (Phi) is 5.56. The van der Waals surface area contributed by atoms with Gasteiger partial charge in [0.05, 0.1) is 17.8 Å². The van der Waals surface area contributed by atoms with Gasteiger partial charge in [0.2, 0.25) is 0 Å². The number of aromatic nitrogens is 1. The molecule has 2 amide bonds. The van der Waals surface area contributed by atoms with E-state index >= 15 is 0 Å². The number of halogens is 1. The van der Waals surface area contributed by atoms with Gasteiger partial charge < -0.3 is 19.7 Å². The molecule has 2 aromatic rings. The topological polar surface area (TPSA) is 97.8 Å². The molecule has 1 aromatic carbocycles. The van der Waals surface area contributed by atoms with E-state index in [-0.39, 0.29) is 23.2 Å². The monoisotopic (exact) mass is 389 g/mol. The van der Waals surface area contributed by atoms with Crippen LogP contribution in [0.4, 0.5) is 5.69 Å².